The molecular formula is C25H32N3O2+. The molecule has 2 aromatic carbocycles. The van der Waals surface area contributed by atoms with Crippen LogP contribution < -0.4 is 4.90 Å². The molecule has 1 aliphatic heterocycles. The van der Waals surface area contributed by atoms with Gasteiger partial charge in [0.15, 0.2) is 6.54 Å². The third kappa shape index (κ3) is 5.08. The van der Waals surface area contributed by atoms with E-state index in [1.165, 1.54) is 23.3 Å². The number of nitrogens with zero attached hydrogens (tertiary/aromatic N) is 2. The number of carbonyl (C=O) groups excluding carboxylic acids is 2. The van der Waals surface area contributed by atoms with Gasteiger partial charge in [0.2, 0.25) is 0 Å². The maximum absolute atomic E-state index is 13.3. The van der Waals surface area contributed by atoms with Gasteiger partial charge in [-0.05, 0) is 43.4 Å². The number of nitrogens with one attached hydrogen (secondary N) is 1. The first kappa shape index (κ1) is 20.6. The molecule has 4 rings (SSSR count). The zero-order valence-corrected chi connectivity index (χ0v) is 17.8. The predicted octanol–water partition coefficient (Wildman–Crippen LogP) is 1.85. The standard InChI is InChI=1S/C25H31N3O2/c1-20(22-12-13-22)28(18-21-8-4-2-5-9-21)24(29)19-26-14-16-27(17-15-26)25(30)23-10-6-3-7-11-23/h2-11,20,22H,12-19H2,1H3/p+1/t20-/m0/s1. The van der Waals surface area contributed by atoms with Crippen LogP contribution in [-0.4, -0.2) is 60.4 Å². The molecule has 2 amide bonds. The molecule has 1 atom stereocenters. The van der Waals surface area contributed by atoms with Crippen molar-refractivity contribution in [1.82, 2.24) is 9.80 Å². The monoisotopic (exact) mass is 406 g/mol. The third-order valence-corrected chi connectivity index (χ3v) is 6.49. The van der Waals surface area contributed by atoms with Crippen molar-refractivity contribution < 1.29 is 14.5 Å². The average molecular weight is 407 g/mol. The number of carbonyl (C=O) groups is 2. The van der Waals surface area contributed by atoms with Crippen molar-refractivity contribution >= 4 is 11.8 Å². The largest absolute Gasteiger partial charge is 0.331 e. The first-order chi connectivity index (χ1) is 14.6. The lowest BCUT2D eigenvalue weighted by molar-refractivity contribution is -0.896. The molecule has 158 valence electrons. The van der Waals surface area contributed by atoms with E-state index in [-0.39, 0.29) is 17.9 Å². The second-order valence-corrected chi connectivity index (χ2v) is 8.67. The van der Waals surface area contributed by atoms with Crippen LogP contribution in [-0.2, 0) is 11.3 Å². The van der Waals surface area contributed by atoms with E-state index in [2.05, 4.69) is 24.0 Å². The molecule has 1 N–H and O–H groups in total. The van der Waals surface area contributed by atoms with Crippen molar-refractivity contribution in [2.24, 2.45) is 5.92 Å². The van der Waals surface area contributed by atoms with Crippen LogP contribution in [0.25, 0.3) is 0 Å². The number of benzene rings is 2. The van der Waals surface area contributed by atoms with E-state index in [1.54, 1.807) is 0 Å². The Morgan fingerprint density at radius 1 is 1.00 bits per heavy atom. The van der Waals surface area contributed by atoms with Gasteiger partial charge in [-0.15, -0.1) is 0 Å². The molecule has 2 aliphatic rings. The lowest BCUT2D eigenvalue weighted by Crippen LogP contribution is -3.15. The highest BCUT2D eigenvalue weighted by Gasteiger charge is 2.36. The van der Waals surface area contributed by atoms with Crippen molar-refractivity contribution in [3.63, 3.8) is 0 Å². The van der Waals surface area contributed by atoms with E-state index in [4.69, 9.17) is 0 Å². The van der Waals surface area contributed by atoms with Crippen LogP contribution in [0.4, 0.5) is 0 Å². The van der Waals surface area contributed by atoms with Gasteiger partial charge >= 0.3 is 0 Å². The van der Waals surface area contributed by atoms with Gasteiger partial charge in [0.25, 0.3) is 11.8 Å². The summed E-state index contributed by atoms with van der Waals surface area (Å²) in [5.41, 5.74) is 1.93. The molecule has 0 aromatic heterocycles. The second-order valence-electron chi connectivity index (χ2n) is 8.67. The zero-order valence-electron chi connectivity index (χ0n) is 17.8. The topological polar surface area (TPSA) is 45.1 Å². The first-order valence-corrected chi connectivity index (χ1v) is 11.1. The molecule has 1 saturated carbocycles. The van der Waals surface area contributed by atoms with Crippen LogP contribution in [0.1, 0.15) is 35.7 Å². The van der Waals surface area contributed by atoms with Crippen LogP contribution in [0.5, 0.6) is 0 Å². The molecule has 0 unspecified atom stereocenters. The van der Waals surface area contributed by atoms with E-state index in [1.807, 2.05) is 53.4 Å². The van der Waals surface area contributed by atoms with E-state index in [0.717, 1.165) is 18.7 Å². The molecule has 0 radical (unpaired) electrons. The summed E-state index contributed by atoms with van der Waals surface area (Å²) >= 11 is 0. The minimum absolute atomic E-state index is 0.0917. The number of rotatable bonds is 7. The molecule has 0 spiro atoms. The highest BCUT2D eigenvalue weighted by molar-refractivity contribution is 5.94. The number of amides is 2. The van der Waals surface area contributed by atoms with E-state index in [0.29, 0.717) is 32.1 Å². The highest BCUT2D eigenvalue weighted by Crippen LogP contribution is 2.35. The molecule has 1 heterocycles. The molecule has 0 bridgehead atoms. The summed E-state index contributed by atoms with van der Waals surface area (Å²) in [5.74, 6) is 0.970. The number of piperazine rings is 1. The number of quaternary nitrogens is 1. The number of hydrogen-bond acceptors (Lipinski definition) is 2. The Labute approximate surface area is 179 Å². The van der Waals surface area contributed by atoms with Crippen LogP contribution >= 0.6 is 0 Å². The van der Waals surface area contributed by atoms with Crippen molar-refractivity contribution in [1.29, 1.82) is 0 Å². The summed E-state index contributed by atoms with van der Waals surface area (Å²) in [6.45, 7) is 6.44. The Balaban J connectivity index is 1.33. The van der Waals surface area contributed by atoms with Crippen molar-refractivity contribution in [3.05, 3.63) is 71.8 Å². The van der Waals surface area contributed by atoms with Gasteiger partial charge in [-0.2, -0.15) is 0 Å². The van der Waals surface area contributed by atoms with Gasteiger partial charge in [0.1, 0.15) is 0 Å². The van der Waals surface area contributed by atoms with Gasteiger partial charge in [-0.3, -0.25) is 9.59 Å². The van der Waals surface area contributed by atoms with E-state index < -0.39 is 0 Å². The summed E-state index contributed by atoms with van der Waals surface area (Å²) in [7, 11) is 0. The van der Waals surface area contributed by atoms with Crippen LogP contribution in [0.15, 0.2) is 60.7 Å². The number of hydrogen-bond donors (Lipinski definition) is 1. The van der Waals surface area contributed by atoms with Gasteiger partial charge in [-0.25, -0.2) is 0 Å². The minimum Gasteiger partial charge on any atom is -0.331 e. The molecule has 2 fully saturated rings. The molecule has 30 heavy (non-hydrogen) atoms. The Hall–Kier alpha value is -2.66. The SMILES string of the molecule is C[C@@H](C1CC1)N(Cc1ccccc1)C(=O)C[NH+]1CCN(C(=O)c2ccccc2)CC1. The third-order valence-electron chi connectivity index (χ3n) is 6.49. The predicted molar refractivity (Wildman–Crippen MR) is 117 cm³/mol. The molecule has 1 aliphatic carbocycles. The fourth-order valence-corrected chi connectivity index (χ4v) is 4.35. The van der Waals surface area contributed by atoms with Gasteiger partial charge in [0, 0.05) is 18.2 Å². The fourth-order valence-electron chi connectivity index (χ4n) is 4.35. The van der Waals surface area contributed by atoms with Gasteiger partial charge in [-0.1, -0.05) is 48.5 Å². The van der Waals surface area contributed by atoms with Crippen LogP contribution in [0.2, 0.25) is 0 Å². The molecule has 5 heteroatoms. The van der Waals surface area contributed by atoms with Crippen LogP contribution in [0, 0.1) is 5.92 Å². The first-order valence-electron chi connectivity index (χ1n) is 11.1. The van der Waals surface area contributed by atoms with Crippen molar-refractivity contribution in [2.45, 2.75) is 32.4 Å². The summed E-state index contributed by atoms with van der Waals surface area (Å²) in [5, 5.41) is 0. The van der Waals surface area contributed by atoms with Gasteiger partial charge in [0.05, 0.1) is 26.2 Å². The summed E-state index contributed by atoms with van der Waals surface area (Å²) in [4.78, 5) is 31.2. The summed E-state index contributed by atoms with van der Waals surface area (Å²) in [6.07, 6.45) is 2.46. The Morgan fingerprint density at radius 3 is 2.20 bits per heavy atom. The van der Waals surface area contributed by atoms with E-state index >= 15 is 0 Å². The van der Waals surface area contributed by atoms with Crippen molar-refractivity contribution in [2.75, 3.05) is 32.7 Å². The Morgan fingerprint density at radius 2 is 1.60 bits per heavy atom. The fraction of sp³-hybridized carbons (Fsp3) is 0.440. The van der Waals surface area contributed by atoms with Crippen LogP contribution in [0.3, 0.4) is 0 Å². The molecule has 5 nitrogen and oxygen atoms in total. The minimum atomic E-state index is 0.0917. The molecular weight excluding hydrogens is 374 g/mol. The lowest BCUT2D eigenvalue weighted by Gasteiger charge is -2.34. The maximum Gasteiger partial charge on any atom is 0.278 e. The lowest BCUT2D eigenvalue weighted by atomic mass is 10.1. The zero-order chi connectivity index (χ0) is 20.9. The summed E-state index contributed by atoms with van der Waals surface area (Å²) < 4.78 is 0. The normalized spacial score (nSPS) is 18.1. The average Bonchev–Trinajstić information content (AvgIpc) is 3.64. The maximum atomic E-state index is 13.3. The smallest absolute Gasteiger partial charge is 0.278 e. The van der Waals surface area contributed by atoms with Crippen molar-refractivity contribution in [3.8, 4) is 0 Å². The van der Waals surface area contributed by atoms with E-state index in [9.17, 15) is 9.59 Å². The summed E-state index contributed by atoms with van der Waals surface area (Å²) in [6, 6.07) is 20.0. The second kappa shape index (κ2) is 9.43. The molecule has 1 saturated heterocycles. The highest BCUT2D eigenvalue weighted by atomic mass is 16.2. The quantitative estimate of drug-likeness (QED) is 0.763. The Kier molecular flexibility index (Phi) is 6.48. The molecule has 2 aromatic rings. The van der Waals surface area contributed by atoms with Gasteiger partial charge < -0.3 is 14.7 Å². The Bertz CT molecular complexity index is 843.